The molecule has 0 aromatic rings. The quantitative estimate of drug-likeness (QED) is 0.651. The highest BCUT2D eigenvalue weighted by Crippen LogP contribution is 2.26. The first-order chi connectivity index (χ1) is 6.59. The molecule has 0 N–H and O–H groups in total. The molecule has 3 heteroatoms. The van der Waals surface area contributed by atoms with Crippen LogP contribution in [-0.4, -0.2) is 53.3 Å². The van der Waals surface area contributed by atoms with E-state index in [1.54, 1.807) is 6.92 Å². The molecule has 80 valence electrons. The van der Waals surface area contributed by atoms with E-state index in [4.69, 9.17) is 0 Å². The summed E-state index contributed by atoms with van der Waals surface area (Å²) in [5.41, 5.74) is 0. The molecule has 3 unspecified atom stereocenters. The summed E-state index contributed by atoms with van der Waals surface area (Å²) < 4.78 is 0. The molecular weight excluding hydrogens is 176 g/mol. The van der Waals surface area contributed by atoms with Crippen LogP contribution in [0, 0.1) is 0 Å². The van der Waals surface area contributed by atoms with Crippen LogP contribution in [0.15, 0.2) is 0 Å². The average molecular weight is 196 g/mol. The highest BCUT2D eigenvalue weighted by atomic mass is 16.1. The molecule has 2 saturated heterocycles. The summed E-state index contributed by atoms with van der Waals surface area (Å²) in [5, 5.41) is 0. The zero-order valence-corrected chi connectivity index (χ0v) is 9.36. The lowest BCUT2D eigenvalue weighted by molar-refractivity contribution is -0.124. The Morgan fingerprint density at radius 3 is 2.64 bits per heavy atom. The number of nitrogens with zero attached hydrogens (tertiary/aromatic N) is 2. The van der Waals surface area contributed by atoms with E-state index in [2.05, 4.69) is 23.6 Å². The maximum absolute atomic E-state index is 11.5. The Bertz CT molecular complexity index is 239. The van der Waals surface area contributed by atoms with Crippen molar-refractivity contribution in [3.63, 3.8) is 0 Å². The van der Waals surface area contributed by atoms with Gasteiger partial charge < -0.3 is 0 Å². The van der Waals surface area contributed by atoms with E-state index in [1.807, 2.05) is 0 Å². The summed E-state index contributed by atoms with van der Waals surface area (Å²) >= 11 is 0. The third-order valence-electron chi connectivity index (χ3n) is 3.62. The first-order valence-corrected chi connectivity index (χ1v) is 5.60. The van der Waals surface area contributed by atoms with Crippen LogP contribution in [0.3, 0.4) is 0 Å². The summed E-state index contributed by atoms with van der Waals surface area (Å²) in [6, 6.07) is 1.43. The van der Waals surface area contributed by atoms with Gasteiger partial charge in [0.15, 0.2) is 0 Å². The Balaban J connectivity index is 2.13. The topological polar surface area (TPSA) is 23.6 Å². The van der Waals surface area contributed by atoms with Gasteiger partial charge in [0.05, 0.1) is 6.04 Å². The maximum Gasteiger partial charge on any atom is 0.148 e. The Kier molecular flexibility index (Phi) is 2.62. The third kappa shape index (κ3) is 1.59. The van der Waals surface area contributed by atoms with Crippen molar-refractivity contribution in [2.45, 2.75) is 45.3 Å². The number of Topliss-reactive ketones (excluding diaryl/α,β-unsaturated/α-hetero) is 1. The molecule has 14 heavy (non-hydrogen) atoms. The van der Waals surface area contributed by atoms with Crippen LogP contribution < -0.4 is 0 Å². The van der Waals surface area contributed by atoms with Crippen LogP contribution in [0.1, 0.15) is 27.2 Å². The van der Waals surface area contributed by atoms with Crippen LogP contribution >= 0.6 is 0 Å². The molecule has 0 amide bonds. The van der Waals surface area contributed by atoms with Gasteiger partial charge in [0.25, 0.3) is 0 Å². The Hall–Kier alpha value is -0.410. The van der Waals surface area contributed by atoms with E-state index in [0.717, 1.165) is 19.6 Å². The molecule has 2 aliphatic rings. The van der Waals surface area contributed by atoms with Gasteiger partial charge in [0.2, 0.25) is 0 Å². The van der Waals surface area contributed by atoms with Gasteiger partial charge in [-0.3, -0.25) is 14.6 Å². The minimum atomic E-state index is 0.163. The second kappa shape index (κ2) is 3.63. The van der Waals surface area contributed by atoms with Crippen molar-refractivity contribution in [2.75, 3.05) is 19.6 Å². The standard InChI is InChI=1S/C11H20N2O/c1-8(2)13-7-11(9(3)14)12-5-4-10(13)6-12/h8,10-11H,4-7H2,1-3H3. The Labute approximate surface area is 86.1 Å². The van der Waals surface area contributed by atoms with E-state index >= 15 is 0 Å². The molecule has 2 aliphatic heterocycles. The molecule has 0 aromatic heterocycles. The first kappa shape index (κ1) is 10.1. The van der Waals surface area contributed by atoms with Gasteiger partial charge in [-0.2, -0.15) is 0 Å². The van der Waals surface area contributed by atoms with Crippen LogP contribution in [0.2, 0.25) is 0 Å². The first-order valence-electron chi connectivity index (χ1n) is 5.60. The fourth-order valence-electron chi connectivity index (χ4n) is 2.80. The van der Waals surface area contributed by atoms with Gasteiger partial charge in [-0.25, -0.2) is 0 Å². The highest BCUT2D eigenvalue weighted by molar-refractivity contribution is 5.82. The predicted octanol–water partition coefficient (Wildman–Crippen LogP) is 0.742. The number of hydrogen-bond acceptors (Lipinski definition) is 3. The van der Waals surface area contributed by atoms with Gasteiger partial charge in [-0.15, -0.1) is 0 Å². The molecule has 2 rings (SSSR count). The number of piperazine rings is 1. The fourth-order valence-corrected chi connectivity index (χ4v) is 2.80. The molecular formula is C11H20N2O. The van der Waals surface area contributed by atoms with Crippen molar-refractivity contribution in [1.29, 1.82) is 0 Å². The van der Waals surface area contributed by atoms with Crippen LogP contribution in [0.5, 0.6) is 0 Å². The minimum absolute atomic E-state index is 0.163. The lowest BCUT2D eigenvalue weighted by Gasteiger charge is -2.41. The highest BCUT2D eigenvalue weighted by Gasteiger charge is 2.40. The average Bonchev–Trinajstić information content (AvgIpc) is 2.48. The van der Waals surface area contributed by atoms with Crippen molar-refractivity contribution in [2.24, 2.45) is 0 Å². The second-order valence-corrected chi connectivity index (χ2v) is 4.85. The number of ketones is 1. The van der Waals surface area contributed by atoms with Gasteiger partial charge in [0, 0.05) is 31.7 Å². The summed E-state index contributed by atoms with van der Waals surface area (Å²) in [6.45, 7) is 9.33. The lowest BCUT2D eigenvalue weighted by Crippen LogP contribution is -2.56. The lowest BCUT2D eigenvalue weighted by atomic mass is 10.1. The van der Waals surface area contributed by atoms with Crippen molar-refractivity contribution in [1.82, 2.24) is 9.80 Å². The SMILES string of the molecule is CC(=O)C1CN(C(C)C)C2CCN1C2. The number of fused-ring (bicyclic) bond motifs is 2. The molecule has 3 nitrogen and oxygen atoms in total. The number of rotatable bonds is 2. The molecule has 2 bridgehead atoms. The predicted molar refractivity (Wildman–Crippen MR) is 56.3 cm³/mol. The van der Waals surface area contributed by atoms with Crippen molar-refractivity contribution >= 4 is 5.78 Å². The van der Waals surface area contributed by atoms with Crippen LogP contribution in [-0.2, 0) is 4.79 Å². The summed E-state index contributed by atoms with van der Waals surface area (Å²) in [4.78, 5) is 16.3. The molecule has 0 radical (unpaired) electrons. The fraction of sp³-hybridized carbons (Fsp3) is 0.909. The number of hydrogen-bond donors (Lipinski definition) is 0. The number of carbonyl (C=O) groups is 1. The van der Waals surface area contributed by atoms with Gasteiger partial charge in [-0.05, 0) is 27.2 Å². The van der Waals surface area contributed by atoms with E-state index in [9.17, 15) is 4.79 Å². The summed E-state index contributed by atoms with van der Waals surface area (Å²) in [6.07, 6.45) is 1.24. The van der Waals surface area contributed by atoms with E-state index < -0.39 is 0 Å². The van der Waals surface area contributed by atoms with Gasteiger partial charge in [-0.1, -0.05) is 0 Å². The zero-order valence-electron chi connectivity index (χ0n) is 9.36. The van der Waals surface area contributed by atoms with Crippen LogP contribution in [0.25, 0.3) is 0 Å². The van der Waals surface area contributed by atoms with Crippen molar-refractivity contribution < 1.29 is 4.79 Å². The van der Waals surface area contributed by atoms with Crippen molar-refractivity contribution in [3.05, 3.63) is 0 Å². The maximum atomic E-state index is 11.5. The molecule has 2 heterocycles. The van der Waals surface area contributed by atoms with Gasteiger partial charge in [0.1, 0.15) is 5.78 Å². The smallest absolute Gasteiger partial charge is 0.148 e. The monoisotopic (exact) mass is 196 g/mol. The molecule has 0 spiro atoms. The van der Waals surface area contributed by atoms with E-state index in [0.29, 0.717) is 17.9 Å². The van der Waals surface area contributed by atoms with Crippen molar-refractivity contribution in [3.8, 4) is 0 Å². The third-order valence-corrected chi connectivity index (χ3v) is 3.62. The normalized spacial score (nSPS) is 37.9. The molecule has 0 saturated carbocycles. The second-order valence-electron chi connectivity index (χ2n) is 4.85. The van der Waals surface area contributed by atoms with Gasteiger partial charge >= 0.3 is 0 Å². The Morgan fingerprint density at radius 2 is 2.07 bits per heavy atom. The van der Waals surface area contributed by atoms with E-state index in [-0.39, 0.29) is 6.04 Å². The minimum Gasteiger partial charge on any atom is -0.298 e. The van der Waals surface area contributed by atoms with E-state index in [1.165, 1.54) is 6.42 Å². The molecule has 0 aliphatic carbocycles. The summed E-state index contributed by atoms with van der Waals surface area (Å²) in [5.74, 6) is 0.330. The zero-order chi connectivity index (χ0) is 10.3. The molecule has 0 aromatic carbocycles. The molecule has 2 fully saturated rings. The Morgan fingerprint density at radius 1 is 1.36 bits per heavy atom. The largest absolute Gasteiger partial charge is 0.298 e. The number of carbonyl (C=O) groups excluding carboxylic acids is 1. The van der Waals surface area contributed by atoms with Crippen LogP contribution in [0.4, 0.5) is 0 Å². The molecule has 3 atom stereocenters. The summed E-state index contributed by atoms with van der Waals surface area (Å²) in [7, 11) is 0.